The van der Waals surface area contributed by atoms with E-state index in [0.29, 0.717) is 11.8 Å². The van der Waals surface area contributed by atoms with Gasteiger partial charge in [-0.05, 0) is 30.5 Å². The van der Waals surface area contributed by atoms with E-state index in [1.807, 2.05) is 0 Å². The van der Waals surface area contributed by atoms with Gasteiger partial charge in [0.1, 0.15) is 12.2 Å². The summed E-state index contributed by atoms with van der Waals surface area (Å²) in [7, 11) is 0. The molecule has 0 saturated heterocycles. The van der Waals surface area contributed by atoms with Crippen molar-refractivity contribution >= 4 is 28.7 Å². The van der Waals surface area contributed by atoms with Crippen molar-refractivity contribution < 1.29 is 42.5 Å². The highest BCUT2D eigenvalue weighted by molar-refractivity contribution is 7.99. The Bertz CT molecular complexity index is 1660. The summed E-state index contributed by atoms with van der Waals surface area (Å²) >= 11 is 0.605. The van der Waals surface area contributed by atoms with Crippen LogP contribution in [0.15, 0.2) is 23.3 Å². The molecule has 1 aromatic carbocycles. The first-order valence-electron chi connectivity index (χ1n) is 15.9. The zero-order valence-corrected chi connectivity index (χ0v) is 19.5. The molecule has 4 N–H and O–H groups in total. The number of hydrogen-bond donors (Lipinski definition) is 4. The molecule has 3 aromatic rings. The molecular formula is C23H28F2N6O4S. The van der Waals surface area contributed by atoms with E-state index in [9.17, 15) is 24.1 Å². The number of fused-ring (bicyclic) bond motifs is 1. The van der Waals surface area contributed by atoms with Crippen molar-refractivity contribution in [1.82, 2.24) is 25.0 Å². The van der Waals surface area contributed by atoms with E-state index in [1.165, 1.54) is 0 Å². The predicted molar refractivity (Wildman–Crippen MR) is 128 cm³/mol. The van der Waals surface area contributed by atoms with Gasteiger partial charge in [-0.25, -0.2) is 23.4 Å². The largest absolute Gasteiger partial charge is 0.394 e. The minimum Gasteiger partial charge on any atom is -0.394 e. The summed E-state index contributed by atoms with van der Waals surface area (Å²) in [5.41, 5.74) is -2.49. The van der Waals surface area contributed by atoms with E-state index >= 15 is 0 Å². The Labute approximate surface area is 224 Å². The molecule has 10 nitrogen and oxygen atoms in total. The number of aliphatic hydroxyl groups is 3. The zero-order valence-electron chi connectivity index (χ0n) is 28.7. The average molecular weight is 533 g/mol. The first kappa shape index (κ1) is 15.7. The molecule has 2 aromatic heterocycles. The summed E-state index contributed by atoms with van der Waals surface area (Å²) in [5, 5.41) is 41.5. The van der Waals surface area contributed by atoms with E-state index in [4.69, 9.17) is 18.4 Å². The highest BCUT2D eigenvalue weighted by atomic mass is 32.2. The SMILES string of the molecule is [2H]c1c([2H])c(C2C[C@]2([2H])Nc2nc(SC([2H])([2H])CC)nc3c2nnn3[C@@H]2C[C@H](OC([2H])([2H])C([2H])([2H])O)[C@@H](O)[C@H]2O)c([2H])c(F)c1F. The van der Waals surface area contributed by atoms with Gasteiger partial charge in [-0.1, -0.05) is 29.9 Å². The molecule has 6 atom stereocenters. The second-order valence-electron chi connectivity index (χ2n) is 8.14. The highest BCUT2D eigenvalue weighted by Crippen LogP contribution is 2.44. The molecule has 0 spiro atoms. The van der Waals surface area contributed by atoms with Crippen LogP contribution in [0.1, 0.15) is 57.4 Å². The molecule has 0 bridgehead atoms. The van der Waals surface area contributed by atoms with Crippen molar-refractivity contribution in [3.05, 3.63) is 35.3 Å². The summed E-state index contributed by atoms with van der Waals surface area (Å²) in [6.45, 7) is -5.15. The molecule has 2 fully saturated rings. The fourth-order valence-corrected chi connectivity index (χ4v) is 4.56. The van der Waals surface area contributed by atoms with Crippen LogP contribution in [0.25, 0.3) is 11.2 Å². The number of nitrogens with zero attached hydrogens (tertiary/aromatic N) is 5. The lowest BCUT2D eigenvalue weighted by molar-refractivity contribution is -0.0629. The second-order valence-corrected chi connectivity index (χ2v) is 9.00. The molecule has 2 heterocycles. The maximum absolute atomic E-state index is 14.3. The number of hydrogen-bond acceptors (Lipinski definition) is 10. The number of nitrogens with one attached hydrogen (secondary N) is 1. The zero-order chi connectivity index (χ0) is 34.3. The fraction of sp³-hybridized carbons (Fsp3) is 0.565. The van der Waals surface area contributed by atoms with E-state index in [0.717, 1.165) is 4.68 Å². The smallest absolute Gasteiger partial charge is 0.191 e. The van der Waals surface area contributed by atoms with Gasteiger partial charge in [0.25, 0.3) is 0 Å². The number of ether oxygens (including phenoxy) is 1. The lowest BCUT2D eigenvalue weighted by Crippen LogP contribution is -2.33. The minimum atomic E-state index is -3.45. The minimum absolute atomic E-state index is 0.0286. The number of benzene rings is 1. The van der Waals surface area contributed by atoms with E-state index in [1.54, 1.807) is 6.92 Å². The molecule has 5 rings (SSSR count). The first-order chi connectivity index (χ1) is 21.1. The summed E-state index contributed by atoms with van der Waals surface area (Å²) in [4.78, 5) is 8.62. The maximum Gasteiger partial charge on any atom is 0.191 e. The molecule has 1 unspecified atom stereocenters. The van der Waals surface area contributed by atoms with Crippen LogP contribution in [0.3, 0.4) is 0 Å². The number of aliphatic hydroxyl groups excluding tert-OH is 2. The summed E-state index contributed by atoms with van der Waals surface area (Å²) < 4.78 is 113. The third-order valence-electron chi connectivity index (χ3n) is 5.84. The van der Waals surface area contributed by atoms with Crippen LogP contribution in [0, 0.1) is 11.6 Å². The Kier molecular flexibility index (Phi) is 4.59. The molecule has 0 radical (unpaired) electrons. The normalized spacial score (nSPS) is 34.9. The van der Waals surface area contributed by atoms with E-state index in [-0.39, 0.29) is 47.0 Å². The number of aromatic nitrogens is 5. The first-order valence-corrected chi connectivity index (χ1v) is 11.7. The standard InChI is InChI=1S/C23H28F2N6O4S/c1-2-7-36-23-27-21(26-15-9-12(15)11-3-4-13(24)14(25)8-11)18-22(28-23)31(30-29-18)16-10-17(35-6-5-32)20(34)19(16)33/h3-4,8,12,15-17,19-20,32-34H,2,5-7,9-10H2,1H3,(H,26,27,28)/t12?,15-,16+,17-,19-,20+/m0/s1/i3D,4D,5D2,6D2,7D2,8D,15D. The molecule has 2 aliphatic carbocycles. The van der Waals surface area contributed by atoms with Crippen LogP contribution in [0.2, 0.25) is 0 Å². The maximum atomic E-state index is 14.3. The summed E-state index contributed by atoms with van der Waals surface area (Å²) in [6, 6.07) is -5.75. The van der Waals surface area contributed by atoms with Crippen molar-refractivity contribution in [2.45, 2.75) is 67.6 Å². The van der Waals surface area contributed by atoms with Crippen molar-refractivity contribution in [3.8, 4) is 0 Å². The Balaban J connectivity index is 1.53. The Morgan fingerprint density at radius 2 is 2.11 bits per heavy atom. The summed E-state index contributed by atoms with van der Waals surface area (Å²) in [5.74, 6) is -4.51. The van der Waals surface area contributed by atoms with Crippen LogP contribution in [0.5, 0.6) is 0 Å². The predicted octanol–water partition coefficient (Wildman–Crippen LogP) is 2.01. The van der Waals surface area contributed by atoms with Crippen LogP contribution < -0.4 is 5.32 Å². The molecule has 36 heavy (non-hydrogen) atoms. The lowest BCUT2D eigenvalue weighted by atomic mass is 10.1. The van der Waals surface area contributed by atoms with E-state index < -0.39 is 84.9 Å². The van der Waals surface area contributed by atoms with Gasteiger partial charge in [-0.15, -0.1) is 5.10 Å². The third-order valence-corrected chi connectivity index (χ3v) is 6.63. The van der Waals surface area contributed by atoms with Gasteiger partial charge in [0.05, 0.1) is 36.2 Å². The molecular weight excluding hydrogens is 494 g/mol. The Morgan fingerprint density at radius 1 is 1.28 bits per heavy atom. The number of anilines is 1. The van der Waals surface area contributed by atoms with Gasteiger partial charge >= 0.3 is 0 Å². The topological polar surface area (TPSA) is 138 Å². The van der Waals surface area contributed by atoms with Crippen molar-refractivity contribution in [2.75, 3.05) is 24.1 Å². The molecule has 0 amide bonds. The van der Waals surface area contributed by atoms with Gasteiger partial charge in [0.15, 0.2) is 33.8 Å². The Hall–Kier alpha value is -2.45. The van der Waals surface area contributed by atoms with Crippen molar-refractivity contribution in [3.63, 3.8) is 0 Å². The van der Waals surface area contributed by atoms with Gasteiger partial charge in [-0.3, -0.25) is 0 Å². The highest BCUT2D eigenvalue weighted by Gasteiger charge is 2.45. The van der Waals surface area contributed by atoms with Crippen LogP contribution >= 0.6 is 11.8 Å². The third kappa shape index (κ3) is 4.90. The number of thioether (sulfide) groups is 1. The average Bonchev–Trinajstić information content (AvgIpc) is 3.27. The molecule has 2 aliphatic rings. The van der Waals surface area contributed by atoms with Crippen LogP contribution in [0.4, 0.5) is 14.6 Å². The van der Waals surface area contributed by atoms with Gasteiger partial charge in [0.2, 0.25) is 0 Å². The van der Waals surface area contributed by atoms with Gasteiger partial charge in [0, 0.05) is 26.8 Å². The van der Waals surface area contributed by atoms with Crippen molar-refractivity contribution in [2.24, 2.45) is 0 Å². The quantitative estimate of drug-likeness (QED) is 0.227. The molecule has 2 saturated carbocycles. The Morgan fingerprint density at radius 3 is 2.89 bits per heavy atom. The monoisotopic (exact) mass is 532 g/mol. The lowest BCUT2D eigenvalue weighted by Gasteiger charge is -2.17. The number of halogens is 2. The fourth-order valence-electron chi connectivity index (χ4n) is 4.01. The van der Waals surface area contributed by atoms with Gasteiger partial charge in [-0.2, -0.15) is 0 Å². The molecule has 194 valence electrons. The van der Waals surface area contributed by atoms with E-state index in [2.05, 4.69) is 25.6 Å². The van der Waals surface area contributed by atoms with Crippen LogP contribution in [-0.2, 0) is 4.74 Å². The van der Waals surface area contributed by atoms with Crippen molar-refractivity contribution in [1.29, 1.82) is 0 Å². The summed E-state index contributed by atoms with van der Waals surface area (Å²) in [6.07, 6.45) is -5.45. The van der Waals surface area contributed by atoms with Gasteiger partial charge < -0.3 is 25.4 Å². The second kappa shape index (κ2) is 10.5. The molecule has 0 aliphatic heterocycles. The van der Waals surface area contributed by atoms with Crippen LogP contribution in [-0.4, -0.2) is 83.4 Å². The number of rotatable bonds is 10. The molecule has 13 heteroatoms.